The van der Waals surface area contributed by atoms with Gasteiger partial charge in [-0.2, -0.15) is 0 Å². The van der Waals surface area contributed by atoms with Gasteiger partial charge in [0.1, 0.15) is 0 Å². The van der Waals surface area contributed by atoms with Crippen LogP contribution >= 0.6 is 22.9 Å². The Morgan fingerprint density at radius 3 is 2.78 bits per heavy atom. The number of amides is 1. The average molecular weight is 352 g/mol. The van der Waals surface area contributed by atoms with Crippen molar-refractivity contribution in [3.05, 3.63) is 40.2 Å². The Balaban J connectivity index is 1.90. The van der Waals surface area contributed by atoms with Crippen LogP contribution in [0.3, 0.4) is 0 Å². The Hall–Kier alpha value is -1.85. The monoisotopic (exact) mass is 351 g/mol. The smallest absolute Gasteiger partial charge is 0.331 e. The van der Waals surface area contributed by atoms with E-state index in [2.05, 4.69) is 5.32 Å². The van der Waals surface area contributed by atoms with E-state index in [4.69, 9.17) is 16.3 Å². The standard InChI is InChI=1S/C17H18ClNO3S/c1-11(2)9-19-15(20)10-22-16(21)8-7-14-17(18)12-5-3-4-6-13(12)23-14/h3-8,11H,9-10H2,1-2H3,(H,19,20)/b8-7+. The molecule has 4 nitrogen and oxygen atoms in total. The Morgan fingerprint density at radius 2 is 2.09 bits per heavy atom. The zero-order valence-corrected chi connectivity index (χ0v) is 14.5. The quantitative estimate of drug-likeness (QED) is 0.634. The molecule has 6 heteroatoms. The van der Waals surface area contributed by atoms with Crippen LogP contribution in [0.25, 0.3) is 16.2 Å². The van der Waals surface area contributed by atoms with Gasteiger partial charge in [-0.3, -0.25) is 4.79 Å². The van der Waals surface area contributed by atoms with Gasteiger partial charge in [-0.1, -0.05) is 43.6 Å². The van der Waals surface area contributed by atoms with E-state index < -0.39 is 5.97 Å². The van der Waals surface area contributed by atoms with Crippen molar-refractivity contribution in [3.8, 4) is 0 Å². The van der Waals surface area contributed by atoms with E-state index >= 15 is 0 Å². The lowest BCUT2D eigenvalue weighted by Crippen LogP contribution is -2.31. The van der Waals surface area contributed by atoms with Gasteiger partial charge in [-0.15, -0.1) is 11.3 Å². The van der Waals surface area contributed by atoms with E-state index in [0.717, 1.165) is 15.0 Å². The first-order valence-corrected chi connectivity index (χ1v) is 8.45. The molecule has 1 aromatic heterocycles. The van der Waals surface area contributed by atoms with Crippen molar-refractivity contribution < 1.29 is 14.3 Å². The summed E-state index contributed by atoms with van der Waals surface area (Å²) in [6.07, 6.45) is 2.90. The van der Waals surface area contributed by atoms with Gasteiger partial charge in [0.05, 0.1) is 5.02 Å². The topological polar surface area (TPSA) is 55.4 Å². The van der Waals surface area contributed by atoms with Crippen LogP contribution < -0.4 is 5.32 Å². The average Bonchev–Trinajstić information content (AvgIpc) is 2.85. The van der Waals surface area contributed by atoms with Crippen LogP contribution in [-0.2, 0) is 14.3 Å². The SMILES string of the molecule is CC(C)CNC(=O)COC(=O)/C=C/c1sc2ccccc2c1Cl. The van der Waals surface area contributed by atoms with E-state index in [-0.39, 0.29) is 12.5 Å². The second-order valence-electron chi connectivity index (χ2n) is 5.42. The molecule has 1 aromatic carbocycles. The van der Waals surface area contributed by atoms with Gasteiger partial charge >= 0.3 is 5.97 Å². The summed E-state index contributed by atoms with van der Waals surface area (Å²) in [6, 6.07) is 7.76. The second kappa shape index (κ2) is 8.13. The summed E-state index contributed by atoms with van der Waals surface area (Å²) >= 11 is 7.78. The first-order chi connectivity index (χ1) is 11.0. The zero-order chi connectivity index (χ0) is 16.8. The molecule has 0 fully saturated rings. The maximum absolute atomic E-state index is 11.7. The Kier molecular flexibility index (Phi) is 6.19. The third-order valence-corrected chi connectivity index (χ3v) is 4.64. The first kappa shape index (κ1) is 17.5. The van der Waals surface area contributed by atoms with Crippen molar-refractivity contribution >= 4 is 51.0 Å². The normalized spacial score (nSPS) is 11.3. The summed E-state index contributed by atoms with van der Waals surface area (Å²) in [5.41, 5.74) is 0. The summed E-state index contributed by atoms with van der Waals surface area (Å²) in [5.74, 6) is -0.525. The van der Waals surface area contributed by atoms with Gasteiger partial charge in [-0.05, 0) is 18.1 Å². The molecule has 0 aliphatic rings. The number of thiophene rings is 1. The Labute approximate surface area is 144 Å². The van der Waals surface area contributed by atoms with E-state index in [1.54, 1.807) is 6.08 Å². The van der Waals surface area contributed by atoms with Crippen molar-refractivity contribution in [2.75, 3.05) is 13.2 Å². The summed E-state index contributed by atoms with van der Waals surface area (Å²) < 4.78 is 5.95. The van der Waals surface area contributed by atoms with Gasteiger partial charge in [0.15, 0.2) is 6.61 Å². The molecule has 1 amide bonds. The fourth-order valence-electron chi connectivity index (χ4n) is 1.84. The molecule has 0 unspecified atom stereocenters. The number of carbonyl (C=O) groups is 2. The summed E-state index contributed by atoms with van der Waals surface area (Å²) in [6.45, 7) is 4.26. The molecule has 0 bridgehead atoms. The predicted molar refractivity (Wildman–Crippen MR) is 94.7 cm³/mol. The van der Waals surface area contributed by atoms with E-state index in [9.17, 15) is 9.59 Å². The lowest BCUT2D eigenvalue weighted by atomic mass is 10.2. The number of ether oxygens (including phenoxy) is 1. The third-order valence-electron chi connectivity index (χ3n) is 2.98. The van der Waals surface area contributed by atoms with Crippen LogP contribution in [0.4, 0.5) is 0 Å². The molecule has 1 heterocycles. The van der Waals surface area contributed by atoms with E-state index in [1.165, 1.54) is 17.4 Å². The van der Waals surface area contributed by atoms with Gasteiger partial charge < -0.3 is 10.1 Å². The highest BCUT2D eigenvalue weighted by atomic mass is 35.5. The molecule has 0 aliphatic carbocycles. The molecule has 0 aliphatic heterocycles. The van der Waals surface area contributed by atoms with E-state index in [0.29, 0.717) is 17.5 Å². The van der Waals surface area contributed by atoms with Gasteiger partial charge in [0.2, 0.25) is 0 Å². The minimum Gasteiger partial charge on any atom is -0.452 e. The highest BCUT2D eigenvalue weighted by Crippen LogP contribution is 2.35. The molecule has 23 heavy (non-hydrogen) atoms. The highest BCUT2D eigenvalue weighted by Gasteiger charge is 2.09. The maximum atomic E-state index is 11.7. The molecule has 2 aromatic rings. The summed E-state index contributed by atoms with van der Waals surface area (Å²) in [5, 5.41) is 4.25. The number of halogens is 1. The first-order valence-electron chi connectivity index (χ1n) is 7.26. The molecule has 1 N–H and O–H groups in total. The number of rotatable bonds is 6. The Morgan fingerprint density at radius 1 is 1.35 bits per heavy atom. The van der Waals surface area contributed by atoms with Crippen molar-refractivity contribution in [1.29, 1.82) is 0 Å². The molecular formula is C17H18ClNO3S. The molecule has 0 spiro atoms. The van der Waals surface area contributed by atoms with Crippen molar-refractivity contribution in [2.24, 2.45) is 5.92 Å². The number of fused-ring (bicyclic) bond motifs is 1. The van der Waals surface area contributed by atoms with Gasteiger partial charge in [-0.25, -0.2) is 4.79 Å². The minimum atomic E-state index is -0.571. The molecule has 0 saturated carbocycles. The number of esters is 1. The fourth-order valence-corrected chi connectivity index (χ4v) is 3.24. The van der Waals surface area contributed by atoms with Gasteiger partial charge in [0, 0.05) is 27.6 Å². The molecule has 0 saturated heterocycles. The zero-order valence-electron chi connectivity index (χ0n) is 13.0. The maximum Gasteiger partial charge on any atom is 0.331 e. The van der Waals surface area contributed by atoms with Crippen LogP contribution in [0.2, 0.25) is 5.02 Å². The van der Waals surface area contributed by atoms with Gasteiger partial charge in [0.25, 0.3) is 5.91 Å². The summed E-state index contributed by atoms with van der Waals surface area (Å²) in [7, 11) is 0. The molecular weight excluding hydrogens is 334 g/mol. The van der Waals surface area contributed by atoms with Crippen LogP contribution in [-0.4, -0.2) is 25.0 Å². The van der Waals surface area contributed by atoms with Crippen LogP contribution in [0.1, 0.15) is 18.7 Å². The van der Waals surface area contributed by atoms with Crippen molar-refractivity contribution in [2.45, 2.75) is 13.8 Å². The molecule has 2 rings (SSSR count). The highest BCUT2D eigenvalue weighted by molar-refractivity contribution is 7.20. The predicted octanol–water partition coefficient (Wildman–Crippen LogP) is 3.88. The van der Waals surface area contributed by atoms with Crippen molar-refractivity contribution in [3.63, 3.8) is 0 Å². The molecule has 122 valence electrons. The lowest BCUT2D eigenvalue weighted by molar-refractivity contribution is -0.143. The second-order valence-corrected chi connectivity index (χ2v) is 6.88. The lowest BCUT2D eigenvalue weighted by Gasteiger charge is -2.07. The Bertz CT molecular complexity index is 737. The van der Waals surface area contributed by atoms with E-state index in [1.807, 2.05) is 38.1 Å². The number of hydrogen-bond acceptors (Lipinski definition) is 4. The van der Waals surface area contributed by atoms with Crippen LogP contribution in [0.5, 0.6) is 0 Å². The third kappa shape index (κ3) is 5.08. The van der Waals surface area contributed by atoms with Crippen LogP contribution in [0.15, 0.2) is 30.3 Å². The van der Waals surface area contributed by atoms with Crippen molar-refractivity contribution in [1.82, 2.24) is 5.32 Å². The number of nitrogens with one attached hydrogen (secondary N) is 1. The minimum absolute atomic E-state index is 0.282. The number of hydrogen-bond donors (Lipinski definition) is 1. The number of benzene rings is 1. The number of carbonyl (C=O) groups excluding carboxylic acids is 2. The summed E-state index contributed by atoms with van der Waals surface area (Å²) in [4.78, 5) is 23.9. The van der Waals surface area contributed by atoms with Crippen LogP contribution in [0, 0.1) is 5.92 Å². The molecule has 0 radical (unpaired) electrons. The molecule has 0 atom stereocenters. The largest absolute Gasteiger partial charge is 0.452 e. The fraction of sp³-hybridized carbons (Fsp3) is 0.294.